The summed E-state index contributed by atoms with van der Waals surface area (Å²) in [6, 6.07) is 0.651. The first-order valence-corrected chi connectivity index (χ1v) is 4.90. The summed E-state index contributed by atoms with van der Waals surface area (Å²) in [4.78, 5) is 2.50. The number of allylic oxidation sites excluding steroid dienone is 1. The van der Waals surface area contributed by atoms with E-state index in [2.05, 4.69) is 36.2 Å². The van der Waals surface area contributed by atoms with Crippen LogP contribution in [0.25, 0.3) is 0 Å². The molecule has 0 radical (unpaired) electrons. The first-order valence-electron chi connectivity index (χ1n) is 4.90. The van der Waals surface area contributed by atoms with Crippen LogP contribution in [0.3, 0.4) is 0 Å². The summed E-state index contributed by atoms with van der Waals surface area (Å²) in [5.41, 5.74) is 0. The lowest BCUT2D eigenvalue weighted by atomic mass is 10.3. The van der Waals surface area contributed by atoms with Crippen LogP contribution in [0.2, 0.25) is 0 Å². The quantitative estimate of drug-likeness (QED) is 0.624. The van der Waals surface area contributed by atoms with Gasteiger partial charge in [-0.05, 0) is 33.4 Å². The summed E-state index contributed by atoms with van der Waals surface area (Å²) in [6.07, 6.45) is 5.64. The lowest BCUT2D eigenvalue weighted by molar-refractivity contribution is 0.301. The molecule has 1 rings (SSSR count). The molecule has 70 valence electrons. The van der Waals surface area contributed by atoms with E-state index in [0.29, 0.717) is 6.04 Å². The van der Waals surface area contributed by atoms with Crippen molar-refractivity contribution in [2.45, 2.75) is 26.3 Å². The van der Waals surface area contributed by atoms with Crippen molar-refractivity contribution in [1.29, 1.82) is 0 Å². The van der Waals surface area contributed by atoms with Crippen LogP contribution in [-0.2, 0) is 0 Å². The van der Waals surface area contributed by atoms with Gasteiger partial charge in [-0.25, -0.2) is 0 Å². The second-order valence-electron chi connectivity index (χ2n) is 3.54. The average Bonchev–Trinajstić information content (AvgIpc) is 2.26. The Morgan fingerprint density at radius 3 is 3.17 bits per heavy atom. The van der Waals surface area contributed by atoms with Crippen LogP contribution in [0.5, 0.6) is 0 Å². The second kappa shape index (κ2) is 5.33. The highest BCUT2D eigenvalue weighted by Crippen LogP contribution is 1.99. The van der Waals surface area contributed by atoms with Gasteiger partial charge in [0.1, 0.15) is 0 Å². The monoisotopic (exact) mass is 168 g/mol. The number of nitrogens with zero attached hydrogens (tertiary/aromatic N) is 1. The molecule has 0 aromatic rings. The first kappa shape index (κ1) is 9.75. The Morgan fingerprint density at radius 1 is 1.58 bits per heavy atom. The van der Waals surface area contributed by atoms with Gasteiger partial charge in [0.25, 0.3) is 0 Å². The molecule has 0 aromatic carbocycles. The molecule has 1 saturated heterocycles. The first-order chi connectivity index (χ1) is 5.83. The van der Waals surface area contributed by atoms with Crippen LogP contribution in [0.4, 0.5) is 0 Å². The highest BCUT2D eigenvalue weighted by molar-refractivity contribution is 4.83. The van der Waals surface area contributed by atoms with E-state index in [-0.39, 0.29) is 0 Å². The van der Waals surface area contributed by atoms with Gasteiger partial charge in [0.05, 0.1) is 0 Å². The molecular formula is C10H20N2. The van der Waals surface area contributed by atoms with Gasteiger partial charge >= 0.3 is 0 Å². The Kier molecular flexibility index (Phi) is 4.33. The molecule has 1 heterocycles. The van der Waals surface area contributed by atoms with Crippen LogP contribution in [0.15, 0.2) is 12.2 Å². The molecule has 1 unspecified atom stereocenters. The van der Waals surface area contributed by atoms with E-state index in [1.165, 1.54) is 26.1 Å². The zero-order chi connectivity index (χ0) is 8.81. The van der Waals surface area contributed by atoms with Gasteiger partial charge in [0, 0.05) is 19.1 Å². The zero-order valence-electron chi connectivity index (χ0n) is 8.21. The van der Waals surface area contributed by atoms with Gasteiger partial charge in [-0.1, -0.05) is 12.2 Å². The fraction of sp³-hybridized carbons (Fsp3) is 0.800. The normalized spacial score (nSPS) is 27.7. The molecule has 2 heteroatoms. The molecule has 1 N–H and O–H groups in total. The minimum absolute atomic E-state index is 0.651. The van der Waals surface area contributed by atoms with Crippen LogP contribution in [-0.4, -0.2) is 37.1 Å². The predicted molar refractivity (Wildman–Crippen MR) is 53.3 cm³/mol. The molecule has 1 atom stereocenters. The minimum atomic E-state index is 0.651. The molecule has 1 aliphatic heterocycles. The van der Waals surface area contributed by atoms with Gasteiger partial charge in [0.15, 0.2) is 0 Å². The molecule has 2 nitrogen and oxygen atoms in total. The molecule has 0 bridgehead atoms. The third kappa shape index (κ3) is 3.37. The number of rotatable bonds is 2. The van der Waals surface area contributed by atoms with Crippen LogP contribution >= 0.6 is 0 Å². The third-order valence-corrected chi connectivity index (χ3v) is 2.28. The second-order valence-corrected chi connectivity index (χ2v) is 3.54. The van der Waals surface area contributed by atoms with Crippen LogP contribution in [0.1, 0.15) is 20.3 Å². The Labute approximate surface area is 75.6 Å². The number of hydrogen-bond acceptors (Lipinski definition) is 2. The highest BCUT2D eigenvalue weighted by atomic mass is 15.2. The molecule has 0 aromatic heterocycles. The molecule has 12 heavy (non-hydrogen) atoms. The van der Waals surface area contributed by atoms with Crippen molar-refractivity contribution in [1.82, 2.24) is 10.2 Å². The van der Waals surface area contributed by atoms with Crippen molar-refractivity contribution in [3.05, 3.63) is 12.2 Å². The fourth-order valence-corrected chi connectivity index (χ4v) is 1.61. The largest absolute Gasteiger partial charge is 0.313 e. The van der Waals surface area contributed by atoms with Gasteiger partial charge < -0.3 is 5.32 Å². The topological polar surface area (TPSA) is 15.3 Å². The van der Waals surface area contributed by atoms with Crippen LogP contribution < -0.4 is 5.32 Å². The van der Waals surface area contributed by atoms with Gasteiger partial charge in [0.2, 0.25) is 0 Å². The highest BCUT2D eigenvalue weighted by Gasteiger charge is 2.11. The van der Waals surface area contributed by atoms with E-state index in [0.717, 1.165) is 6.54 Å². The number of nitrogens with one attached hydrogen (secondary N) is 1. The van der Waals surface area contributed by atoms with Crippen molar-refractivity contribution in [2.75, 3.05) is 26.2 Å². The maximum atomic E-state index is 3.49. The van der Waals surface area contributed by atoms with Crippen molar-refractivity contribution < 1.29 is 0 Å². The molecule has 1 aliphatic rings. The molecule has 0 spiro atoms. The van der Waals surface area contributed by atoms with Crippen molar-refractivity contribution >= 4 is 0 Å². The maximum absolute atomic E-state index is 3.49. The molecular weight excluding hydrogens is 148 g/mol. The molecule has 0 saturated carbocycles. The summed E-state index contributed by atoms with van der Waals surface area (Å²) < 4.78 is 0. The minimum Gasteiger partial charge on any atom is -0.313 e. The Hall–Kier alpha value is -0.340. The molecule has 1 fully saturated rings. The van der Waals surface area contributed by atoms with Gasteiger partial charge in [-0.15, -0.1) is 0 Å². The Balaban J connectivity index is 2.30. The summed E-state index contributed by atoms with van der Waals surface area (Å²) in [5.74, 6) is 0. The van der Waals surface area contributed by atoms with Gasteiger partial charge in [-0.3, -0.25) is 4.90 Å². The Bertz CT molecular complexity index is 143. The maximum Gasteiger partial charge on any atom is 0.0166 e. The SMILES string of the molecule is C/C=C/CN1CCCNC(C)C1. The fourth-order valence-electron chi connectivity index (χ4n) is 1.61. The molecule has 0 amide bonds. The number of hydrogen-bond donors (Lipinski definition) is 1. The predicted octanol–water partition coefficient (Wildman–Crippen LogP) is 1.25. The zero-order valence-corrected chi connectivity index (χ0v) is 8.21. The van der Waals surface area contributed by atoms with E-state index in [9.17, 15) is 0 Å². The standard InChI is InChI=1S/C10H20N2/c1-3-4-7-12-8-5-6-11-10(2)9-12/h3-4,10-11H,5-9H2,1-2H3/b4-3+. The Morgan fingerprint density at radius 2 is 2.42 bits per heavy atom. The average molecular weight is 168 g/mol. The summed E-state index contributed by atoms with van der Waals surface area (Å²) >= 11 is 0. The summed E-state index contributed by atoms with van der Waals surface area (Å²) in [6.45, 7) is 9.05. The molecule has 0 aliphatic carbocycles. The third-order valence-electron chi connectivity index (χ3n) is 2.28. The van der Waals surface area contributed by atoms with Crippen molar-refractivity contribution in [2.24, 2.45) is 0 Å². The smallest absolute Gasteiger partial charge is 0.0166 e. The van der Waals surface area contributed by atoms with E-state index in [1.807, 2.05) is 0 Å². The lowest BCUT2D eigenvalue weighted by Crippen LogP contribution is -2.35. The van der Waals surface area contributed by atoms with E-state index in [4.69, 9.17) is 0 Å². The summed E-state index contributed by atoms with van der Waals surface area (Å²) in [7, 11) is 0. The summed E-state index contributed by atoms with van der Waals surface area (Å²) in [5, 5.41) is 3.49. The van der Waals surface area contributed by atoms with Crippen molar-refractivity contribution in [3.8, 4) is 0 Å². The van der Waals surface area contributed by atoms with Crippen molar-refractivity contribution in [3.63, 3.8) is 0 Å². The van der Waals surface area contributed by atoms with E-state index in [1.54, 1.807) is 0 Å². The van der Waals surface area contributed by atoms with Gasteiger partial charge in [-0.2, -0.15) is 0 Å². The van der Waals surface area contributed by atoms with Crippen LogP contribution in [0, 0.1) is 0 Å². The van der Waals surface area contributed by atoms with E-state index < -0.39 is 0 Å². The van der Waals surface area contributed by atoms with E-state index >= 15 is 0 Å². The lowest BCUT2D eigenvalue weighted by Gasteiger charge is -2.20.